The Balaban J connectivity index is 1.56. The first kappa shape index (κ1) is 17.5. The lowest BCUT2D eigenvalue weighted by Crippen LogP contribution is -2.29. The zero-order valence-corrected chi connectivity index (χ0v) is 15.9. The van der Waals surface area contributed by atoms with Gasteiger partial charge >= 0.3 is 0 Å². The molecule has 0 spiro atoms. The van der Waals surface area contributed by atoms with E-state index in [1.807, 2.05) is 47.8 Å². The lowest BCUT2D eigenvalue weighted by atomic mass is 10.2. The number of rotatable bonds is 4. The normalized spacial score (nSPS) is 17.0. The third kappa shape index (κ3) is 3.51. The van der Waals surface area contributed by atoms with Gasteiger partial charge in [-0.05, 0) is 19.1 Å². The summed E-state index contributed by atoms with van der Waals surface area (Å²) in [7, 11) is 0. The van der Waals surface area contributed by atoms with Crippen molar-refractivity contribution in [2.75, 3.05) is 5.01 Å². The molecule has 8 heteroatoms. The fourth-order valence-corrected chi connectivity index (χ4v) is 3.54. The molecule has 27 heavy (non-hydrogen) atoms. The maximum atomic E-state index is 12.8. The minimum absolute atomic E-state index is 0.280. The number of amides is 1. The van der Waals surface area contributed by atoms with E-state index in [9.17, 15) is 4.79 Å². The van der Waals surface area contributed by atoms with E-state index in [0.29, 0.717) is 21.6 Å². The Morgan fingerprint density at radius 1 is 1.11 bits per heavy atom. The van der Waals surface area contributed by atoms with Crippen LogP contribution in [0.1, 0.15) is 6.92 Å². The van der Waals surface area contributed by atoms with Crippen molar-refractivity contribution < 1.29 is 4.79 Å². The largest absolute Gasteiger partial charge is 0.282 e. The SMILES string of the molecule is CC1=NN(c2nc(-c3ccccc3)cs2)C(=O)[C@H]1N=Nc1ccccc1Cl. The molecule has 0 saturated carbocycles. The molecule has 134 valence electrons. The second-order valence-corrected chi connectivity index (χ2v) is 7.09. The van der Waals surface area contributed by atoms with Gasteiger partial charge in [-0.25, -0.2) is 4.98 Å². The Hall–Kier alpha value is -2.90. The average molecular weight is 396 g/mol. The van der Waals surface area contributed by atoms with Gasteiger partial charge in [-0.15, -0.1) is 11.3 Å². The molecule has 0 aliphatic carbocycles. The number of carbonyl (C=O) groups is 1. The van der Waals surface area contributed by atoms with Crippen LogP contribution in [0.5, 0.6) is 0 Å². The summed E-state index contributed by atoms with van der Waals surface area (Å²) in [5, 5.41) is 16.8. The quantitative estimate of drug-likeness (QED) is 0.559. The first-order chi connectivity index (χ1) is 13.1. The van der Waals surface area contributed by atoms with E-state index in [-0.39, 0.29) is 5.91 Å². The van der Waals surface area contributed by atoms with Crippen molar-refractivity contribution >= 4 is 45.4 Å². The van der Waals surface area contributed by atoms with Crippen LogP contribution in [0.25, 0.3) is 11.3 Å². The molecule has 6 nitrogen and oxygen atoms in total. The van der Waals surface area contributed by atoms with Crippen LogP contribution < -0.4 is 5.01 Å². The number of anilines is 1. The summed E-state index contributed by atoms with van der Waals surface area (Å²) < 4.78 is 0. The number of carbonyl (C=O) groups excluding carboxylic acids is 1. The Morgan fingerprint density at radius 2 is 1.85 bits per heavy atom. The van der Waals surface area contributed by atoms with Crippen molar-refractivity contribution in [3.63, 3.8) is 0 Å². The average Bonchev–Trinajstić information content (AvgIpc) is 3.27. The number of benzene rings is 2. The molecule has 0 bridgehead atoms. The zero-order chi connectivity index (χ0) is 18.8. The second kappa shape index (κ2) is 7.38. The number of halogens is 1. The summed E-state index contributed by atoms with van der Waals surface area (Å²) in [6, 6.07) is 16.1. The van der Waals surface area contributed by atoms with Crippen LogP contribution in [0.3, 0.4) is 0 Å². The molecule has 0 radical (unpaired) electrons. The van der Waals surface area contributed by atoms with Gasteiger partial charge in [-0.2, -0.15) is 20.3 Å². The van der Waals surface area contributed by atoms with E-state index in [1.54, 1.807) is 19.1 Å². The summed E-state index contributed by atoms with van der Waals surface area (Å²) >= 11 is 7.44. The summed E-state index contributed by atoms with van der Waals surface area (Å²) in [6.45, 7) is 1.75. The van der Waals surface area contributed by atoms with E-state index in [0.717, 1.165) is 11.3 Å². The molecular formula is C19H14ClN5OS. The number of hydrogen-bond acceptors (Lipinski definition) is 6. The lowest BCUT2D eigenvalue weighted by Gasteiger charge is -2.08. The van der Waals surface area contributed by atoms with Gasteiger partial charge in [0.1, 0.15) is 5.69 Å². The second-order valence-electron chi connectivity index (χ2n) is 5.84. The van der Waals surface area contributed by atoms with Gasteiger partial charge in [-0.1, -0.05) is 54.1 Å². The standard InChI is InChI=1S/C19H14ClN5OS/c1-12-17(23-22-15-10-6-5-9-14(15)20)18(26)25(24-12)19-21-16(11-27-19)13-7-3-2-4-8-13/h2-11,17H,1H3/t17-/m0/s1. The van der Waals surface area contributed by atoms with Crippen LogP contribution in [-0.4, -0.2) is 22.6 Å². The molecule has 1 aliphatic heterocycles. The van der Waals surface area contributed by atoms with E-state index >= 15 is 0 Å². The minimum Gasteiger partial charge on any atom is -0.269 e. The number of nitrogens with zero attached hydrogens (tertiary/aromatic N) is 5. The van der Waals surface area contributed by atoms with E-state index in [4.69, 9.17) is 11.6 Å². The molecule has 0 N–H and O–H groups in total. The van der Waals surface area contributed by atoms with Crippen LogP contribution in [-0.2, 0) is 4.79 Å². The molecule has 2 heterocycles. The topological polar surface area (TPSA) is 70.3 Å². The minimum atomic E-state index is -0.773. The summed E-state index contributed by atoms with van der Waals surface area (Å²) in [5.74, 6) is -0.280. The number of azo groups is 1. The van der Waals surface area contributed by atoms with Crippen LogP contribution in [0, 0.1) is 0 Å². The summed E-state index contributed by atoms with van der Waals surface area (Å²) in [6.07, 6.45) is 0. The predicted molar refractivity (Wildman–Crippen MR) is 108 cm³/mol. The monoisotopic (exact) mass is 395 g/mol. The Kier molecular flexibility index (Phi) is 4.79. The number of hydrazone groups is 1. The van der Waals surface area contributed by atoms with Gasteiger partial charge in [0.25, 0.3) is 5.91 Å². The number of aromatic nitrogens is 1. The first-order valence-electron chi connectivity index (χ1n) is 8.19. The van der Waals surface area contributed by atoms with Gasteiger partial charge in [0.05, 0.1) is 16.4 Å². The highest BCUT2D eigenvalue weighted by Gasteiger charge is 2.36. The molecule has 4 rings (SSSR count). The lowest BCUT2D eigenvalue weighted by molar-refractivity contribution is -0.117. The van der Waals surface area contributed by atoms with Crippen LogP contribution in [0.2, 0.25) is 5.02 Å². The van der Waals surface area contributed by atoms with E-state index in [1.165, 1.54) is 16.3 Å². The summed E-state index contributed by atoms with van der Waals surface area (Å²) in [5.41, 5.74) is 2.87. The maximum absolute atomic E-state index is 12.8. The van der Waals surface area contributed by atoms with Crippen LogP contribution >= 0.6 is 22.9 Å². The van der Waals surface area contributed by atoms with Gasteiger partial charge in [-0.3, -0.25) is 4.79 Å². The van der Waals surface area contributed by atoms with Gasteiger partial charge in [0.15, 0.2) is 6.04 Å². The molecule has 1 aliphatic rings. The van der Waals surface area contributed by atoms with Crippen molar-refractivity contribution in [1.29, 1.82) is 0 Å². The third-order valence-electron chi connectivity index (χ3n) is 3.97. The molecule has 1 amide bonds. The third-order valence-corrected chi connectivity index (χ3v) is 5.11. The molecule has 0 fully saturated rings. The molecule has 1 aromatic heterocycles. The smallest absolute Gasteiger partial charge is 0.269 e. The highest BCUT2D eigenvalue weighted by atomic mass is 35.5. The molecule has 1 atom stereocenters. The van der Waals surface area contributed by atoms with Crippen molar-refractivity contribution in [1.82, 2.24) is 4.98 Å². The molecule has 3 aromatic rings. The maximum Gasteiger partial charge on any atom is 0.282 e. The number of hydrogen-bond donors (Lipinski definition) is 0. The Morgan fingerprint density at radius 3 is 2.63 bits per heavy atom. The van der Waals surface area contributed by atoms with Crippen molar-refractivity contribution in [3.8, 4) is 11.3 Å². The van der Waals surface area contributed by atoms with E-state index < -0.39 is 6.04 Å². The first-order valence-corrected chi connectivity index (χ1v) is 9.44. The highest BCUT2D eigenvalue weighted by Crippen LogP contribution is 2.31. The van der Waals surface area contributed by atoms with Crippen molar-refractivity contribution in [2.24, 2.45) is 15.3 Å². The van der Waals surface area contributed by atoms with Gasteiger partial charge in [0.2, 0.25) is 5.13 Å². The van der Waals surface area contributed by atoms with Crippen LogP contribution in [0.4, 0.5) is 10.8 Å². The molecular weight excluding hydrogens is 382 g/mol. The van der Waals surface area contributed by atoms with E-state index in [2.05, 4.69) is 20.3 Å². The van der Waals surface area contributed by atoms with Crippen LogP contribution in [0.15, 0.2) is 75.3 Å². The summed E-state index contributed by atoms with van der Waals surface area (Å²) in [4.78, 5) is 17.3. The Bertz CT molecular complexity index is 1050. The highest BCUT2D eigenvalue weighted by molar-refractivity contribution is 7.14. The van der Waals surface area contributed by atoms with Crippen molar-refractivity contribution in [3.05, 3.63) is 65.0 Å². The van der Waals surface area contributed by atoms with Gasteiger partial charge in [0, 0.05) is 10.9 Å². The number of thiazole rings is 1. The molecule has 0 unspecified atom stereocenters. The predicted octanol–water partition coefficient (Wildman–Crippen LogP) is 5.34. The van der Waals surface area contributed by atoms with Crippen molar-refractivity contribution in [2.45, 2.75) is 13.0 Å². The fourth-order valence-electron chi connectivity index (χ4n) is 2.58. The molecule has 0 saturated heterocycles. The Labute approximate surface area is 164 Å². The fraction of sp³-hybridized carbons (Fsp3) is 0.105. The zero-order valence-electron chi connectivity index (χ0n) is 14.3. The molecule has 2 aromatic carbocycles. The van der Waals surface area contributed by atoms with Gasteiger partial charge < -0.3 is 0 Å².